The number of nitrogens with zero attached hydrogens (tertiary/aromatic N) is 5. The molecule has 4 heterocycles. The minimum atomic E-state index is -0.283. The average molecular weight is 493 g/mol. The number of benzene rings is 1. The summed E-state index contributed by atoms with van der Waals surface area (Å²) in [6.07, 6.45) is 4.54. The van der Waals surface area contributed by atoms with Crippen LogP contribution in [0.5, 0.6) is 11.5 Å². The van der Waals surface area contributed by atoms with Crippen molar-refractivity contribution in [1.82, 2.24) is 20.1 Å². The minimum absolute atomic E-state index is 0.249. The lowest BCUT2D eigenvalue weighted by Gasteiger charge is -2.35. The van der Waals surface area contributed by atoms with Gasteiger partial charge in [0.25, 0.3) is 5.91 Å². The van der Waals surface area contributed by atoms with Gasteiger partial charge in [-0.2, -0.15) is 0 Å². The second-order valence-electron chi connectivity index (χ2n) is 9.20. The second-order valence-corrected chi connectivity index (χ2v) is 9.20. The maximum Gasteiger partial charge on any atom is 0.259 e. The molecule has 0 spiro atoms. The monoisotopic (exact) mass is 492 g/mol. The van der Waals surface area contributed by atoms with E-state index in [1.54, 1.807) is 25.4 Å². The highest BCUT2D eigenvalue weighted by molar-refractivity contribution is 6.20. The topological polar surface area (TPSA) is 101 Å². The maximum atomic E-state index is 12.8. The van der Waals surface area contributed by atoms with Gasteiger partial charge in [0.05, 0.1) is 38.0 Å². The van der Waals surface area contributed by atoms with Gasteiger partial charge in [-0.15, -0.1) is 0 Å². The number of hydrogen-bond donors (Lipinski definition) is 1. The molecule has 0 aliphatic carbocycles. The average Bonchev–Trinajstić information content (AvgIpc) is 3.37. The third-order valence-electron chi connectivity index (χ3n) is 6.38. The fourth-order valence-corrected chi connectivity index (χ4v) is 4.91. The van der Waals surface area contributed by atoms with E-state index in [0.717, 1.165) is 37.5 Å². The zero-order valence-corrected chi connectivity index (χ0v) is 20.9. The van der Waals surface area contributed by atoms with E-state index in [0.29, 0.717) is 48.4 Å². The minimum Gasteiger partial charge on any atom is -0.491 e. The van der Waals surface area contributed by atoms with E-state index in [1.807, 2.05) is 17.0 Å². The van der Waals surface area contributed by atoms with Gasteiger partial charge in [-0.25, -0.2) is 4.99 Å². The molecule has 10 nitrogen and oxygen atoms in total. The number of aliphatic imine (C=N–C) groups is 2. The lowest BCUT2D eigenvalue weighted by atomic mass is 10.1. The number of rotatable bonds is 7. The molecule has 10 heteroatoms. The predicted molar refractivity (Wildman–Crippen MR) is 136 cm³/mol. The Hall–Kier alpha value is -3.50. The molecule has 36 heavy (non-hydrogen) atoms. The highest BCUT2D eigenvalue weighted by atomic mass is 16.5. The number of methoxy groups -OCH3 is 1. The van der Waals surface area contributed by atoms with Crippen LogP contribution >= 0.6 is 0 Å². The smallest absolute Gasteiger partial charge is 0.259 e. The third-order valence-corrected chi connectivity index (χ3v) is 6.38. The summed E-state index contributed by atoms with van der Waals surface area (Å²) in [6, 6.07) is 7.30. The van der Waals surface area contributed by atoms with Crippen molar-refractivity contribution in [2.24, 2.45) is 9.98 Å². The first kappa shape index (κ1) is 24.2. The lowest BCUT2D eigenvalue weighted by Crippen LogP contribution is -2.47. The zero-order chi connectivity index (χ0) is 25.1. The summed E-state index contributed by atoms with van der Waals surface area (Å²) in [7, 11) is 1.60. The first-order chi connectivity index (χ1) is 17.5. The summed E-state index contributed by atoms with van der Waals surface area (Å²) >= 11 is 0. The summed E-state index contributed by atoms with van der Waals surface area (Å²) in [5.41, 5.74) is 1.91. The number of amidine groups is 1. The molecule has 0 radical (unpaired) electrons. The number of amides is 1. The summed E-state index contributed by atoms with van der Waals surface area (Å²) < 4.78 is 17.7. The number of hydrogen-bond acceptors (Lipinski definition) is 9. The van der Waals surface area contributed by atoms with Gasteiger partial charge in [0, 0.05) is 44.1 Å². The van der Waals surface area contributed by atoms with Crippen LogP contribution in [-0.4, -0.2) is 91.1 Å². The Bertz CT molecular complexity index is 1160. The molecule has 2 aromatic rings. The normalized spacial score (nSPS) is 21.2. The van der Waals surface area contributed by atoms with E-state index in [-0.39, 0.29) is 18.1 Å². The lowest BCUT2D eigenvalue weighted by molar-refractivity contribution is -0.0686. The van der Waals surface area contributed by atoms with Gasteiger partial charge in [0.2, 0.25) is 5.96 Å². The Morgan fingerprint density at radius 2 is 2.06 bits per heavy atom. The third kappa shape index (κ3) is 5.05. The molecule has 1 aromatic heterocycles. The Morgan fingerprint density at radius 1 is 1.22 bits per heavy atom. The first-order valence-electron chi connectivity index (χ1n) is 12.4. The van der Waals surface area contributed by atoms with Gasteiger partial charge in [-0.3, -0.25) is 29.9 Å². The van der Waals surface area contributed by atoms with Crippen LogP contribution < -0.4 is 14.8 Å². The molecule has 3 aliphatic heterocycles. The maximum absolute atomic E-state index is 12.8. The molecular formula is C26H32N6O4. The summed E-state index contributed by atoms with van der Waals surface area (Å²) in [6.45, 7) is 8.86. The van der Waals surface area contributed by atoms with Gasteiger partial charge in [-0.05, 0) is 44.5 Å². The van der Waals surface area contributed by atoms with E-state index in [9.17, 15) is 4.79 Å². The van der Waals surface area contributed by atoms with Gasteiger partial charge in [-0.1, -0.05) is 0 Å². The molecule has 2 unspecified atom stereocenters. The highest BCUT2D eigenvalue weighted by Crippen LogP contribution is 2.43. The Balaban J connectivity index is 1.32. The van der Waals surface area contributed by atoms with Crippen molar-refractivity contribution in [3.8, 4) is 11.5 Å². The van der Waals surface area contributed by atoms with Crippen molar-refractivity contribution in [3.63, 3.8) is 0 Å². The van der Waals surface area contributed by atoms with Crippen LogP contribution in [0, 0.1) is 0 Å². The second kappa shape index (κ2) is 10.6. The van der Waals surface area contributed by atoms with Crippen LogP contribution in [0.2, 0.25) is 0 Å². The highest BCUT2D eigenvalue weighted by Gasteiger charge is 2.33. The molecule has 5 rings (SSSR count). The molecule has 1 amide bonds. The molecular weight excluding hydrogens is 460 g/mol. The molecule has 0 bridgehead atoms. The number of nitrogens with one attached hydrogen (secondary N) is 1. The van der Waals surface area contributed by atoms with Crippen molar-refractivity contribution in [2.75, 3.05) is 46.4 Å². The van der Waals surface area contributed by atoms with Gasteiger partial charge in [0.15, 0.2) is 11.5 Å². The standard InChI is InChI=1S/C26H32N6O4/c1-17-15-31(16-18(2)36-17)11-5-13-35-21-8-7-20-22(23(21)34-3)29-26(32-12-10-28-24(20)32)30-25(33)19-6-4-9-27-14-19/h4,6-9,14,17-18H,5,10-13,15-16H2,1-3H3,(H,29,30,33). The largest absolute Gasteiger partial charge is 0.491 e. The van der Waals surface area contributed by atoms with Crippen LogP contribution in [0.25, 0.3) is 0 Å². The quantitative estimate of drug-likeness (QED) is 0.593. The van der Waals surface area contributed by atoms with E-state index >= 15 is 0 Å². The number of carbonyl (C=O) groups is 1. The van der Waals surface area contributed by atoms with Crippen molar-refractivity contribution in [2.45, 2.75) is 32.5 Å². The fraction of sp³-hybridized carbons (Fsp3) is 0.462. The zero-order valence-electron chi connectivity index (χ0n) is 20.9. The molecule has 0 saturated carbocycles. The molecule has 1 N–H and O–H groups in total. The van der Waals surface area contributed by atoms with Crippen LogP contribution in [0.4, 0.5) is 5.69 Å². The number of pyridine rings is 1. The molecule has 190 valence electrons. The predicted octanol–water partition coefficient (Wildman–Crippen LogP) is 2.46. The number of morpholine rings is 1. The van der Waals surface area contributed by atoms with Crippen LogP contribution in [0.3, 0.4) is 0 Å². The summed E-state index contributed by atoms with van der Waals surface area (Å²) in [5.74, 6) is 2.05. The number of carbonyl (C=O) groups excluding carboxylic acids is 1. The van der Waals surface area contributed by atoms with E-state index in [4.69, 9.17) is 19.2 Å². The van der Waals surface area contributed by atoms with Gasteiger partial charge >= 0.3 is 0 Å². The Morgan fingerprint density at radius 3 is 2.81 bits per heavy atom. The van der Waals surface area contributed by atoms with E-state index in [2.05, 4.69) is 34.0 Å². The van der Waals surface area contributed by atoms with Crippen molar-refractivity contribution < 1.29 is 19.0 Å². The molecule has 1 fully saturated rings. The Kier molecular flexibility index (Phi) is 7.15. The van der Waals surface area contributed by atoms with Gasteiger partial charge < -0.3 is 14.2 Å². The van der Waals surface area contributed by atoms with Crippen LogP contribution in [-0.2, 0) is 4.74 Å². The van der Waals surface area contributed by atoms with Crippen LogP contribution in [0.15, 0.2) is 46.6 Å². The SMILES string of the molecule is COc1c(OCCCN2CC(C)OC(C)C2)ccc2c1N=C(NC(=O)c1cccnc1)N1CCN=C21. The first-order valence-corrected chi connectivity index (χ1v) is 12.4. The van der Waals surface area contributed by atoms with Crippen molar-refractivity contribution in [3.05, 3.63) is 47.8 Å². The van der Waals surface area contributed by atoms with E-state index < -0.39 is 0 Å². The number of ether oxygens (including phenoxy) is 3. The molecule has 3 aliphatic rings. The molecule has 1 aromatic carbocycles. The molecule has 1 saturated heterocycles. The fourth-order valence-electron chi connectivity index (χ4n) is 4.91. The number of fused-ring (bicyclic) bond motifs is 3. The number of guanidine groups is 1. The summed E-state index contributed by atoms with van der Waals surface area (Å²) in [4.78, 5) is 30.6. The molecule has 2 atom stereocenters. The number of aromatic nitrogens is 1. The van der Waals surface area contributed by atoms with Crippen LogP contribution in [0.1, 0.15) is 36.2 Å². The summed E-state index contributed by atoms with van der Waals surface area (Å²) in [5, 5.41) is 2.92. The van der Waals surface area contributed by atoms with Crippen molar-refractivity contribution in [1.29, 1.82) is 0 Å². The van der Waals surface area contributed by atoms with Crippen molar-refractivity contribution >= 4 is 23.4 Å². The van der Waals surface area contributed by atoms with E-state index in [1.165, 1.54) is 6.20 Å². The van der Waals surface area contributed by atoms with Gasteiger partial charge in [0.1, 0.15) is 11.5 Å². The Labute approximate surface area is 211 Å².